The number of nitrogen functional groups attached to an aromatic ring is 1. The van der Waals surface area contributed by atoms with Crippen molar-refractivity contribution in [2.45, 2.75) is 69.3 Å². The molecule has 6 heterocycles. The van der Waals surface area contributed by atoms with Crippen LogP contribution in [0.15, 0.2) is 6.07 Å². The summed E-state index contributed by atoms with van der Waals surface area (Å²) >= 11 is 0. The van der Waals surface area contributed by atoms with E-state index in [1.165, 1.54) is 4.90 Å². The minimum atomic E-state index is -5.07. The van der Waals surface area contributed by atoms with Crippen molar-refractivity contribution in [2.75, 3.05) is 35.2 Å². The SMILES string of the molecule is Cc1c(F)c(N)cc(-c2nc3c4c(nc(N5C[C@@H](F)[C@H]5CO)nc4c2F)N2C[C@H]4CC[C@H](N4)[C@H]2[C@H](C)O3)c1C(F)(F)F. The predicted molar refractivity (Wildman–Crippen MR) is 141 cm³/mol. The Hall–Kier alpha value is -3.59. The lowest BCUT2D eigenvalue weighted by Gasteiger charge is -2.44. The number of hydrogen-bond donors (Lipinski definition) is 3. The molecule has 2 aromatic heterocycles. The van der Waals surface area contributed by atoms with Gasteiger partial charge in [-0.15, -0.1) is 0 Å². The summed E-state index contributed by atoms with van der Waals surface area (Å²) in [6.45, 7) is 2.49. The second kappa shape index (κ2) is 9.20. The number of benzene rings is 1. The maximum absolute atomic E-state index is 16.6. The molecule has 3 saturated heterocycles. The van der Waals surface area contributed by atoms with E-state index in [4.69, 9.17) is 15.5 Å². The lowest BCUT2D eigenvalue weighted by atomic mass is 9.96. The summed E-state index contributed by atoms with van der Waals surface area (Å²) in [6, 6.07) is -0.439. The highest BCUT2D eigenvalue weighted by Crippen LogP contribution is 2.47. The van der Waals surface area contributed by atoms with Crippen LogP contribution in [-0.2, 0) is 6.18 Å². The van der Waals surface area contributed by atoms with Crippen molar-refractivity contribution >= 4 is 28.4 Å². The zero-order valence-electron chi connectivity index (χ0n) is 22.5. The topological polar surface area (TPSA) is 113 Å². The number of aromatic nitrogens is 3. The fourth-order valence-electron chi connectivity index (χ4n) is 6.92. The molecular weight excluding hydrogens is 568 g/mol. The lowest BCUT2D eigenvalue weighted by Crippen LogP contribution is -2.63. The summed E-state index contributed by atoms with van der Waals surface area (Å²) in [6.07, 6.45) is -5.26. The van der Waals surface area contributed by atoms with E-state index in [9.17, 15) is 27.1 Å². The van der Waals surface area contributed by atoms with Gasteiger partial charge in [-0.25, -0.2) is 23.1 Å². The van der Waals surface area contributed by atoms with Gasteiger partial charge in [0.25, 0.3) is 0 Å². The lowest BCUT2D eigenvalue weighted by molar-refractivity contribution is -0.137. The molecule has 224 valence electrons. The molecule has 3 fully saturated rings. The van der Waals surface area contributed by atoms with E-state index in [0.717, 1.165) is 19.8 Å². The fraction of sp³-hybridized carbons (Fsp3) is 0.519. The number of alkyl halides is 4. The molecule has 3 aromatic rings. The average Bonchev–Trinajstić information content (AvgIpc) is 3.24. The molecule has 15 heteroatoms. The van der Waals surface area contributed by atoms with E-state index >= 15 is 4.39 Å². The molecule has 0 spiro atoms. The molecule has 4 aliphatic rings. The first-order chi connectivity index (χ1) is 19.9. The van der Waals surface area contributed by atoms with Crippen molar-refractivity contribution in [2.24, 2.45) is 0 Å². The number of rotatable bonds is 3. The van der Waals surface area contributed by atoms with E-state index in [1.54, 1.807) is 6.92 Å². The number of hydrogen-bond acceptors (Lipinski definition) is 9. The van der Waals surface area contributed by atoms with Gasteiger partial charge in [-0.1, -0.05) is 0 Å². The molecule has 0 unspecified atom stereocenters. The first-order valence-electron chi connectivity index (χ1n) is 13.7. The largest absolute Gasteiger partial charge is 0.472 e. The standard InChI is InChI=1S/C27H27F6N7O2/c1-9-18(27(31,32)33)12(5-14(34)19(9)29)21-20(30)22-17-24(38-26(37-22)39-7-13(28)16(39)8-41)40-6-11-3-4-15(35-11)23(40)10(2)42-25(17)36-21/h5,10-11,13,15-16,23,35,41H,3-4,6-8,34H2,1-2H3/t10-,11+,13+,15-,16+,23+/m0/s1. The van der Waals surface area contributed by atoms with Gasteiger partial charge in [0.15, 0.2) is 5.82 Å². The monoisotopic (exact) mass is 595 g/mol. The van der Waals surface area contributed by atoms with Crippen LogP contribution in [0, 0.1) is 18.6 Å². The maximum atomic E-state index is 16.6. The van der Waals surface area contributed by atoms with Crippen molar-refractivity contribution < 1.29 is 36.2 Å². The van der Waals surface area contributed by atoms with Gasteiger partial charge >= 0.3 is 6.18 Å². The number of piperazine rings is 1. The third-order valence-electron chi connectivity index (χ3n) is 8.94. The summed E-state index contributed by atoms with van der Waals surface area (Å²) in [7, 11) is 0. The van der Waals surface area contributed by atoms with Gasteiger partial charge in [-0.3, -0.25) is 0 Å². The van der Waals surface area contributed by atoms with Gasteiger partial charge in [-0.05, 0) is 38.3 Å². The van der Waals surface area contributed by atoms with Crippen LogP contribution in [0.3, 0.4) is 0 Å². The molecule has 0 radical (unpaired) electrons. The molecular formula is C27H27F6N7O2. The molecule has 4 aliphatic heterocycles. The van der Waals surface area contributed by atoms with Crippen molar-refractivity contribution in [1.82, 2.24) is 20.3 Å². The van der Waals surface area contributed by atoms with Gasteiger partial charge in [0.1, 0.15) is 40.5 Å². The normalized spacial score (nSPS) is 28.4. The number of pyridine rings is 1. The van der Waals surface area contributed by atoms with Gasteiger partial charge < -0.3 is 30.7 Å². The minimum Gasteiger partial charge on any atom is -0.472 e. The van der Waals surface area contributed by atoms with E-state index < -0.39 is 70.8 Å². The van der Waals surface area contributed by atoms with Crippen LogP contribution in [-0.4, -0.2) is 76.2 Å². The third kappa shape index (κ3) is 3.81. The number of nitrogens with zero attached hydrogens (tertiary/aromatic N) is 5. The van der Waals surface area contributed by atoms with Crippen LogP contribution in [0.2, 0.25) is 0 Å². The number of nitrogens with two attached hydrogens (primary N) is 1. The predicted octanol–water partition coefficient (Wildman–Crippen LogP) is 3.49. The van der Waals surface area contributed by atoms with E-state index in [2.05, 4.69) is 15.3 Å². The van der Waals surface area contributed by atoms with Crippen LogP contribution < -0.4 is 25.6 Å². The molecule has 4 N–H and O–H groups in total. The molecule has 2 bridgehead atoms. The Morgan fingerprint density at radius 3 is 2.57 bits per heavy atom. The first kappa shape index (κ1) is 27.3. The number of anilines is 3. The molecule has 42 heavy (non-hydrogen) atoms. The number of halogens is 6. The average molecular weight is 596 g/mol. The van der Waals surface area contributed by atoms with Gasteiger partial charge in [0.05, 0.1) is 36.5 Å². The Bertz CT molecular complexity index is 1620. The highest BCUT2D eigenvalue weighted by atomic mass is 19.4. The van der Waals surface area contributed by atoms with E-state index in [1.807, 2.05) is 4.90 Å². The summed E-state index contributed by atoms with van der Waals surface area (Å²) in [5.41, 5.74) is 0.940. The highest BCUT2D eigenvalue weighted by Gasteiger charge is 2.48. The van der Waals surface area contributed by atoms with Crippen molar-refractivity contribution in [3.05, 3.63) is 28.8 Å². The Labute approximate surface area is 235 Å². The Morgan fingerprint density at radius 1 is 1.12 bits per heavy atom. The Morgan fingerprint density at radius 2 is 1.88 bits per heavy atom. The Kier molecular flexibility index (Phi) is 5.97. The number of nitrogens with one attached hydrogen (secondary N) is 1. The number of aliphatic hydroxyl groups excluding tert-OH is 1. The molecule has 0 amide bonds. The van der Waals surface area contributed by atoms with Crippen LogP contribution in [0.5, 0.6) is 5.88 Å². The van der Waals surface area contributed by atoms with Crippen LogP contribution in [0.1, 0.15) is 30.9 Å². The number of fused-ring (bicyclic) bond motifs is 5. The first-order valence-corrected chi connectivity index (χ1v) is 13.7. The number of ether oxygens (including phenoxy) is 1. The summed E-state index contributed by atoms with van der Waals surface area (Å²) < 4.78 is 94.5. The summed E-state index contributed by atoms with van der Waals surface area (Å²) in [5.74, 6) is -2.49. The second-order valence-corrected chi connectivity index (χ2v) is 11.4. The molecule has 1 aromatic carbocycles. The minimum absolute atomic E-state index is 0.00774. The quantitative estimate of drug-likeness (QED) is 0.310. The zero-order chi connectivity index (χ0) is 29.8. The molecule has 9 nitrogen and oxygen atoms in total. The zero-order valence-corrected chi connectivity index (χ0v) is 22.5. The summed E-state index contributed by atoms with van der Waals surface area (Å²) in [4.78, 5) is 16.7. The molecule has 6 atom stereocenters. The van der Waals surface area contributed by atoms with Gasteiger partial charge in [0.2, 0.25) is 11.8 Å². The Balaban J connectivity index is 1.53. The molecule has 7 rings (SSSR count). The van der Waals surface area contributed by atoms with Crippen molar-refractivity contribution in [3.63, 3.8) is 0 Å². The molecule has 0 aliphatic carbocycles. The fourth-order valence-corrected chi connectivity index (χ4v) is 6.92. The van der Waals surface area contributed by atoms with E-state index in [0.29, 0.717) is 12.6 Å². The number of aliphatic hydroxyl groups is 1. The second-order valence-electron chi connectivity index (χ2n) is 11.4. The summed E-state index contributed by atoms with van der Waals surface area (Å²) in [5, 5.41) is 13.4. The van der Waals surface area contributed by atoms with E-state index in [-0.39, 0.29) is 53.2 Å². The third-order valence-corrected chi connectivity index (χ3v) is 8.94. The van der Waals surface area contributed by atoms with Gasteiger partial charge in [-0.2, -0.15) is 18.2 Å². The van der Waals surface area contributed by atoms with Crippen LogP contribution in [0.4, 0.5) is 43.8 Å². The smallest absolute Gasteiger partial charge is 0.417 e. The molecule has 0 saturated carbocycles. The van der Waals surface area contributed by atoms with Crippen molar-refractivity contribution in [1.29, 1.82) is 0 Å². The van der Waals surface area contributed by atoms with Crippen LogP contribution in [0.25, 0.3) is 22.2 Å². The highest BCUT2D eigenvalue weighted by molar-refractivity contribution is 5.98. The van der Waals surface area contributed by atoms with Gasteiger partial charge in [0, 0.05) is 24.2 Å². The maximum Gasteiger partial charge on any atom is 0.417 e. The van der Waals surface area contributed by atoms with Crippen LogP contribution >= 0.6 is 0 Å². The van der Waals surface area contributed by atoms with Crippen molar-refractivity contribution in [3.8, 4) is 17.1 Å².